The van der Waals surface area contributed by atoms with E-state index in [0.717, 1.165) is 39.1 Å². The van der Waals surface area contributed by atoms with Gasteiger partial charge in [0, 0.05) is 42.1 Å². The largest absolute Gasteiger partial charge is 0.291 e. The second-order valence-corrected chi connectivity index (χ2v) is 14.0. The van der Waals surface area contributed by atoms with E-state index in [4.69, 9.17) is 9.97 Å². The van der Waals surface area contributed by atoms with Gasteiger partial charge in [-0.2, -0.15) is 0 Å². The average Bonchev–Trinajstić information content (AvgIpc) is 3.73. The zero-order chi connectivity index (χ0) is 32.8. The predicted molar refractivity (Wildman–Crippen MR) is 213 cm³/mol. The summed E-state index contributed by atoms with van der Waals surface area (Å²) in [6.45, 7) is 0. The maximum Gasteiger partial charge on any atom is 0.165 e. The van der Waals surface area contributed by atoms with Gasteiger partial charge in [0.05, 0.1) is 22.1 Å². The fourth-order valence-corrected chi connectivity index (χ4v) is 9.10. The highest BCUT2D eigenvalue weighted by atomic mass is 32.1. The molecule has 0 amide bonds. The first-order valence-corrected chi connectivity index (χ1v) is 17.7. The molecule has 11 aromatic rings. The van der Waals surface area contributed by atoms with Crippen LogP contribution in [0.4, 0.5) is 0 Å². The highest BCUT2D eigenvalue weighted by Gasteiger charge is 2.23. The van der Waals surface area contributed by atoms with E-state index in [0.29, 0.717) is 0 Å². The molecular weight excluding hydrogens is 627 g/mol. The molecule has 50 heavy (non-hydrogen) atoms. The predicted octanol–water partition coefficient (Wildman–Crippen LogP) is 12.7. The summed E-state index contributed by atoms with van der Waals surface area (Å²) in [7, 11) is 0. The fraction of sp³-hybridized carbons (Fsp3) is 0. The lowest BCUT2D eigenvalue weighted by Crippen LogP contribution is -2.04. The molecule has 0 aliphatic carbocycles. The van der Waals surface area contributed by atoms with Crippen LogP contribution < -0.4 is 0 Å². The lowest BCUT2D eigenvalue weighted by molar-refractivity contribution is 1.08. The van der Waals surface area contributed by atoms with Crippen molar-refractivity contribution in [3.05, 3.63) is 164 Å². The maximum absolute atomic E-state index is 5.42. The Bertz CT molecular complexity index is 3150. The van der Waals surface area contributed by atoms with Gasteiger partial charge in [0.15, 0.2) is 5.82 Å². The standard InChI is InChI=1S/C46H27N3S/c1-2-13-30(14-3-1)44-46(48-38-20-9-8-19-37(38)47-44)49-39-25-22-28-11-4-6-15-32(28)42(39)36-18-10-17-34(45(36)49)31-21-24-35-41(27-31)50-40-26-23-29-12-5-7-16-33(29)43(35)40/h1-27H. The Morgan fingerprint density at radius 3 is 1.94 bits per heavy atom. The van der Waals surface area contributed by atoms with Crippen LogP contribution in [0.2, 0.25) is 0 Å². The molecule has 3 heterocycles. The summed E-state index contributed by atoms with van der Waals surface area (Å²) in [5.74, 6) is 0.826. The van der Waals surface area contributed by atoms with E-state index in [1.807, 2.05) is 29.5 Å². The van der Waals surface area contributed by atoms with E-state index in [9.17, 15) is 0 Å². The summed E-state index contributed by atoms with van der Waals surface area (Å²) in [5.41, 5.74) is 8.24. The van der Waals surface area contributed by atoms with Gasteiger partial charge in [-0.05, 0) is 57.4 Å². The number of nitrogens with zero attached hydrogens (tertiary/aromatic N) is 3. The molecule has 0 fully saturated rings. The van der Waals surface area contributed by atoms with Crippen molar-refractivity contribution in [2.24, 2.45) is 0 Å². The molecule has 8 aromatic carbocycles. The van der Waals surface area contributed by atoms with Gasteiger partial charge in [0.2, 0.25) is 0 Å². The summed E-state index contributed by atoms with van der Waals surface area (Å²) in [5, 5.41) is 10.1. The smallest absolute Gasteiger partial charge is 0.165 e. The first-order chi connectivity index (χ1) is 24.8. The molecule has 0 unspecified atom stereocenters. The van der Waals surface area contributed by atoms with Crippen molar-refractivity contribution in [2.75, 3.05) is 0 Å². The lowest BCUT2D eigenvalue weighted by atomic mass is 9.98. The van der Waals surface area contributed by atoms with Crippen LogP contribution in [0.5, 0.6) is 0 Å². The topological polar surface area (TPSA) is 30.7 Å². The van der Waals surface area contributed by atoms with Crippen molar-refractivity contribution in [1.82, 2.24) is 14.5 Å². The van der Waals surface area contributed by atoms with Gasteiger partial charge in [-0.15, -0.1) is 11.3 Å². The number of hydrogen-bond donors (Lipinski definition) is 0. The molecule has 0 aliphatic heterocycles. The summed E-state index contributed by atoms with van der Waals surface area (Å²) >= 11 is 1.87. The van der Waals surface area contributed by atoms with E-state index < -0.39 is 0 Å². The fourth-order valence-electron chi connectivity index (χ4n) is 7.94. The Morgan fingerprint density at radius 2 is 1.12 bits per heavy atom. The number of hydrogen-bond acceptors (Lipinski definition) is 3. The maximum atomic E-state index is 5.42. The highest BCUT2D eigenvalue weighted by Crippen LogP contribution is 2.45. The van der Waals surface area contributed by atoms with Crippen LogP contribution in [0.3, 0.4) is 0 Å². The van der Waals surface area contributed by atoms with Gasteiger partial charge >= 0.3 is 0 Å². The molecule has 11 rings (SSSR count). The zero-order valence-corrected chi connectivity index (χ0v) is 27.7. The molecule has 4 heteroatoms. The van der Waals surface area contributed by atoms with Gasteiger partial charge in [-0.25, -0.2) is 9.97 Å². The molecule has 232 valence electrons. The SMILES string of the molecule is c1ccc(-c2nc3ccccc3nc2-n2c3ccc4ccccc4c3c3cccc(-c4ccc5c(c4)sc4ccc6ccccc6c45)c32)cc1. The van der Waals surface area contributed by atoms with Crippen LogP contribution in [-0.2, 0) is 0 Å². The number of para-hydroxylation sites is 3. The van der Waals surface area contributed by atoms with E-state index in [1.54, 1.807) is 0 Å². The molecule has 0 saturated heterocycles. The summed E-state index contributed by atoms with van der Waals surface area (Å²) in [6.07, 6.45) is 0. The minimum atomic E-state index is 0.826. The minimum Gasteiger partial charge on any atom is -0.291 e. The first-order valence-electron chi connectivity index (χ1n) is 16.9. The van der Waals surface area contributed by atoms with E-state index >= 15 is 0 Å². The van der Waals surface area contributed by atoms with Gasteiger partial charge in [-0.1, -0.05) is 133 Å². The van der Waals surface area contributed by atoms with Crippen LogP contribution in [0.25, 0.3) is 103 Å². The third-order valence-electron chi connectivity index (χ3n) is 10.2. The van der Waals surface area contributed by atoms with E-state index in [1.165, 1.54) is 63.6 Å². The minimum absolute atomic E-state index is 0.826. The van der Waals surface area contributed by atoms with Crippen LogP contribution in [0.15, 0.2) is 164 Å². The van der Waals surface area contributed by atoms with Crippen LogP contribution >= 0.6 is 11.3 Å². The van der Waals surface area contributed by atoms with Crippen molar-refractivity contribution < 1.29 is 0 Å². The summed E-state index contributed by atoms with van der Waals surface area (Å²) < 4.78 is 4.97. The monoisotopic (exact) mass is 653 g/mol. The summed E-state index contributed by atoms with van der Waals surface area (Å²) in [4.78, 5) is 10.7. The first kappa shape index (κ1) is 27.6. The lowest BCUT2D eigenvalue weighted by Gasteiger charge is -2.15. The van der Waals surface area contributed by atoms with Crippen molar-refractivity contribution >= 4 is 85.9 Å². The average molecular weight is 654 g/mol. The van der Waals surface area contributed by atoms with Gasteiger partial charge < -0.3 is 0 Å². The normalized spacial score (nSPS) is 12.0. The Morgan fingerprint density at radius 1 is 0.440 bits per heavy atom. The number of thiophene rings is 1. The van der Waals surface area contributed by atoms with Crippen molar-refractivity contribution in [3.63, 3.8) is 0 Å². The Kier molecular flexibility index (Phi) is 5.83. The molecule has 0 N–H and O–H groups in total. The van der Waals surface area contributed by atoms with Crippen LogP contribution in [0, 0.1) is 0 Å². The molecule has 0 radical (unpaired) electrons. The highest BCUT2D eigenvalue weighted by molar-refractivity contribution is 7.26. The Hall–Kier alpha value is -6.36. The molecule has 3 aromatic heterocycles. The van der Waals surface area contributed by atoms with Crippen molar-refractivity contribution in [1.29, 1.82) is 0 Å². The Labute approximate surface area is 291 Å². The third kappa shape index (κ3) is 3.97. The molecular formula is C46H27N3S. The van der Waals surface area contributed by atoms with E-state index in [-0.39, 0.29) is 0 Å². The second-order valence-electron chi connectivity index (χ2n) is 12.9. The molecule has 0 aliphatic rings. The number of rotatable bonds is 3. The molecule has 3 nitrogen and oxygen atoms in total. The van der Waals surface area contributed by atoms with Gasteiger partial charge in [0.1, 0.15) is 5.69 Å². The molecule has 0 saturated carbocycles. The molecule has 0 spiro atoms. The molecule has 0 atom stereocenters. The summed E-state index contributed by atoms with van der Waals surface area (Å²) in [6, 6.07) is 58.8. The van der Waals surface area contributed by atoms with E-state index in [2.05, 4.69) is 150 Å². The van der Waals surface area contributed by atoms with Crippen LogP contribution in [0.1, 0.15) is 0 Å². The van der Waals surface area contributed by atoms with Gasteiger partial charge in [0.25, 0.3) is 0 Å². The van der Waals surface area contributed by atoms with Crippen LogP contribution in [-0.4, -0.2) is 14.5 Å². The number of fused-ring (bicyclic) bond motifs is 11. The third-order valence-corrected chi connectivity index (χ3v) is 11.3. The number of aromatic nitrogens is 3. The van der Waals surface area contributed by atoms with Crippen molar-refractivity contribution in [2.45, 2.75) is 0 Å². The molecule has 0 bridgehead atoms. The zero-order valence-electron chi connectivity index (χ0n) is 26.8. The van der Waals surface area contributed by atoms with Gasteiger partial charge in [-0.3, -0.25) is 4.57 Å². The second kappa shape index (κ2) is 10.6. The Balaban J connectivity index is 1.28. The quantitative estimate of drug-likeness (QED) is 0.190. The number of benzene rings is 8. The van der Waals surface area contributed by atoms with Crippen molar-refractivity contribution in [3.8, 4) is 28.2 Å².